The first-order chi connectivity index (χ1) is 8.08. The smallest absolute Gasteiger partial charge is 0.107 e. The Hall–Kier alpha value is -1.09. The Morgan fingerprint density at radius 3 is 2.53 bits per heavy atom. The monoisotopic (exact) mass is 267 g/mol. The van der Waals surface area contributed by atoms with Crippen molar-refractivity contribution in [3.63, 3.8) is 0 Å². The largest absolute Gasteiger partial charge is 0.384 e. The molecule has 2 rings (SSSR count). The minimum absolute atomic E-state index is 0.450. The van der Waals surface area contributed by atoms with E-state index in [0.717, 1.165) is 5.69 Å². The first-order valence-corrected chi connectivity index (χ1v) is 5.89. The van der Waals surface area contributed by atoms with Crippen LogP contribution in [0.1, 0.15) is 22.9 Å². The fourth-order valence-corrected chi connectivity index (χ4v) is 2.06. The molecule has 0 fully saturated rings. The molecule has 0 amide bonds. The molecular weight excluding hydrogens is 257 g/mol. The summed E-state index contributed by atoms with van der Waals surface area (Å²) in [5, 5.41) is 11.2. The highest BCUT2D eigenvalue weighted by atomic mass is 35.5. The van der Waals surface area contributed by atoms with Crippen molar-refractivity contribution in [3.8, 4) is 0 Å². The number of pyridine rings is 1. The number of aryl methyl sites for hydroxylation is 1. The van der Waals surface area contributed by atoms with Crippen molar-refractivity contribution in [1.82, 2.24) is 4.98 Å². The van der Waals surface area contributed by atoms with Gasteiger partial charge in [-0.1, -0.05) is 35.3 Å². The first kappa shape index (κ1) is 12.4. The van der Waals surface area contributed by atoms with Gasteiger partial charge in [0.1, 0.15) is 6.10 Å². The normalized spacial score (nSPS) is 12.5. The molecule has 1 heterocycles. The fourth-order valence-electron chi connectivity index (χ4n) is 1.54. The molecule has 1 aromatic carbocycles. The minimum Gasteiger partial charge on any atom is -0.384 e. The zero-order chi connectivity index (χ0) is 12.4. The summed E-state index contributed by atoms with van der Waals surface area (Å²) in [6, 6.07) is 8.71. The second-order valence-electron chi connectivity index (χ2n) is 3.80. The van der Waals surface area contributed by atoms with Crippen LogP contribution >= 0.6 is 23.2 Å². The number of aliphatic hydroxyl groups is 1. The van der Waals surface area contributed by atoms with Gasteiger partial charge in [-0.05, 0) is 25.1 Å². The molecule has 0 aliphatic rings. The Bertz CT molecular complexity index is 525. The molecule has 4 heteroatoms. The molecule has 17 heavy (non-hydrogen) atoms. The van der Waals surface area contributed by atoms with Gasteiger partial charge in [-0.2, -0.15) is 0 Å². The highest BCUT2D eigenvalue weighted by molar-refractivity contribution is 6.35. The van der Waals surface area contributed by atoms with E-state index < -0.39 is 6.10 Å². The van der Waals surface area contributed by atoms with Crippen LogP contribution in [0, 0.1) is 6.92 Å². The van der Waals surface area contributed by atoms with Gasteiger partial charge < -0.3 is 5.11 Å². The van der Waals surface area contributed by atoms with E-state index >= 15 is 0 Å². The number of aliphatic hydroxyl groups excluding tert-OH is 1. The zero-order valence-electron chi connectivity index (χ0n) is 9.19. The summed E-state index contributed by atoms with van der Waals surface area (Å²) >= 11 is 11.9. The summed E-state index contributed by atoms with van der Waals surface area (Å²) in [6.45, 7) is 1.89. The standard InChI is InChI=1S/C13H11Cl2NO/c1-8-2-3-9(7-16-8)13(17)11-5-4-10(14)6-12(11)15/h2-7,13,17H,1H3. The molecule has 0 radical (unpaired) electrons. The molecule has 2 aromatic rings. The van der Waals surface area contributed by atoms with Gasteiger partial charge in [0.15, 0.2) is 0 Å². The van der Waals surface area contributed by atoms with Crippen LogP contribution in [0.2, 0.25) is 10.0 Å². The molecule has 1 N–H and O–H groups in total. The van der Waals surface area contributed by atoms with E-state index in [-0.39, 0.29) is 0 Å². The molecule has 0 aliphatic carbocycles. The van der Waals surface area contributed by atoms with Gasteiger partial charge >= 0.3 is 0 Å². The van der Waals surface area contributed by atoms with Crippen LogP contribution in [-0.2, 0) is 0 Å². The Labute approximate surface area is 110 Å². The number of benzene rings is 1. The SMILES string of the molecule is Cc1ccc(C(O)c2ccc(Cl)cc2Cl)cn1. The maximum absolute atomic E-state index is 10.2. The maximum Gasteiger partial charge on any atom is 0.107 e. The summed E-state index contributed by atoms with van der Waals surface area (Å²) in [4.78, 5) is 4.14. The summed E-state index contributed by atoms with van der Waals surface area (Å²) < 4.78 is 0. The predicted octanol–water partition coefficient (Wildman–Crippen LogP) is 3.78. The number of halogens is 2. The zero-order valence-corrected chi connectivity index (χ0v) is 10.7. The van der Waals surface area contributed by atoms with Crippen molar-refractivity contribution >= 4 is 23.2 Å². The highest BCUT2D eigenvalue weighted by Crippen LogP contribution is 2.29. The minimum atomic E-state index is -0.784. The first-order valence-electron chi connectivity index (χ1n) is 5.13. The quantitative estimate of drug-likeness (QED) is 0.899. The third-order valence-electron chi connectivity index (χ3n) is 2.51. The maximum atomic E-state index is 10.2. The van der Waals surface area contributed by atoms with Crippen LogP contribution < -0.4 is 0 Å². The summed E-state index contributed by atoms with van der Waals surface area (Å²) in [5.41, 5.74) is 2.24. The molecule has 1 aromatic heterocycles. The van der Waals surface area contributed by atoms with Crippen molar-refractivity contribution in [2.24, 2.45) is 0 Å². The highest BCUT2D eigenvalue weighted by Gasteiger charge is 2.14. The van der Waals surface area contributed by atoms with E-state index in [1.54, 1.807) is 24.4 Å². The number of hydrogen-bond donors (Lipinski definition) is 1. The van der Waals surface area contributed by atoms with Gasteiger partial charge in [0.2, 0.25) is 0 Å². The Balaban J connectivity index is 2.36. The predicted molar refractivity (Wildman–Crippen MR) is 69.5 cm³/mol. The van der Waals surface area contributed by atoms with Crippen LogP contribution in [0.3, 0.4) is 0 Å². The number of nitrogens with zero attached hydrogens (tertiary/aromatic N) is 1. The second kappa shape index (κ2) is 5.05. The third-order valence-corrected chi connectivity index (χ3v) is 3.07. The van der Waals surface area contributed by atoms with Crippen LogP contribution in [0.25, 0.3) is 0 Å². The van der Waals surface area contributed by atoms with Gasteiger partial charge in [-0.15, -0.1) is 0 Å². The van der Waals surface area contributed by atoms with Crippen LogP contribution in [0.15, 0.2) is 36.5 Å². The van der Waals surface area contributed by atoms with E-state index in [2.05, 4.69) is 4.98 Å². The number of rotatable bonds is 2. The van der Waals surface area contributed by atoms with Crippen molar-refractivity contribution in [1.29, 1.82) is 0 Å². The van der Waals surface area contributed by atoms with Crippen molar-refractivity contribution in [3.05, 3.63) is 63.4 Å². The van der Waals surface area contributed by atoms with E-state index in [9.17, 15) is 5.11 Å². The lowest BCUT2D eigenvalue weighted by Gasteiger charge is -2.13. The number of aromatic nitrogens is 1. The topological polar surface area (TPSA) is 33.1 Å². The molecule has 0 saturated carbocycles. The van der Waals surface area contributed by atoms with E-state index in [1.165, 1.54) is 0 Å². The molecule has 1 atom stereocenters. The molecule has 0 spiro atoms. The van der Waals surface area contributed by atoms with Gasteiger partial charge in [0.05, 0.1) is 0 Å². The lowest BCUT2D eigenvalue weighted by atomic mass is 10.0. The molecule has 88 valence electrons. The summed E-state index contributed by atoms with van der Waals surface area (Å²) in [6.07, 6.45) is 0.859. The van der Waals surface area contributed by atoms with Crippen molar-refractivity contribution in [2.45, 2.75) is 13.0 Å². The molecule has 0 saturated heterocycles. The van der Waals surface area contributed by atoms with Gasteiger partial charge in [0, 0.05) is 33.1 Å². The molecular formula is C13H11Cl2NO. The number of hydrogen-bond acceptors (Lipinski definition) is 2. The van der Waals surface area contributed by atoms with Gasteiger partial charge in [0.25, 0.3) is 0 Å². The van der Waals surface area contributed by atoms with Crippen LogP contribution in [0.5, 0.6) is 0 Å². The lowest BCUT2D eigenvalue weighted by Crippen LogP contribution is -2.01. The molecule has 1 unspecified atom stereocenters. The van der Waals surface area contributed by atoms with E-state index in [0.29, 0.717) is 21.2 Å². The van der Waals surface area contributed by atoms with Crippen molar-refractivity contribution < 1.29 is 5.11 Å². The summed E-state index contributed by atoms with van der Waals surface area (Å²) in [5.74, 6) is 0. The van der Waals surface area contributed by atoms with Crippen molar-refractivity contribution in [2.75, 3.05) is 0 Å². The second-order valence-corrected chi connectivity index (χ2v) is 4.64. The van der Waals surface area contributed by atoms with Crippen LogP contribution in [0.4, 0.5) is 0 Å². The van der Waals surface area contributed by atoms with Gasteiger partial charge in [-0.25, -0.2) is 0 Å². The summed E-state index contributed by atoms with van der Waals surface area (Å²) in [7, 11) is 0. The van der Waals surface area contributed by atoms with E-state index in [1.807, 2.05) is 19.1 Å². The molecule has 0 bridgehead atoms. The average molecular weight is 268 g/mol. The Kier molecular flexibility index (Phi) is 3.67. The molecule has 0 aliphatic heterocycles. The van der Waals surface area contributed by atoms with Gasteiger partial charge in [-0.3, -0.25) is 4.98 Å². The third kappa shape index (κ3) is 2.78. The Morgan fingerprint density at radius 1 is 1.18 bits per heavy atom. The van der Waals surface area contributed by atoms with E-state index in [4.69, 9.17) is 23.2 Å². The molecule has 2 nitrogen and oxygen atoms in total. The van der Waals surface area contributed by atoms with Crippen LogP contribution in [-0.4, -0.2) is 10.1 Å². The fraction of sp³-hybridized carbons (Fsp3) is 0.154. The average Bonchev–Trinajstić information content (AvgIpc) is 2.29. The Morgan fingerprint density at radius 2 is 1.94 bits per heavy atom. The lowest BCUT2D eigenvalue weighted by molar-refractivity contribution is 0.220.